The number of aromatic carboxylic acids is 1. The summed E-state index contributed by atoms with van der Waals surface area (Å²) < 4.78 is 0. The number of rotatable bonds is 4. The van der Waals surface area contributed by atoms with E-state index in [1.165, 1.54) is 18.3 Å². The third-order valence-corrected chi connectivity index (χ3v) is 3.30. The van der Waals surface area contributed by atoms with E-state index in [1.54, 1.807) is 4.90 Å². The molecule has 108 valence electrons. The first kappa shape index (κ1) is 14.4. The van der Waals surface area contributed by atoms with Gasteiger partial charge in [-0.3, -0.25) is 9.69 Å². The Labute approximate surface area is 116 Å². The molecule has 1 aliphatic heterocycles. The number of hydrogen-bond acceptors (Lipinski definition) is 5. The van der Waals surface area contributed by atoms with Gasteiger partial charge in [0, 0.05) is 44.5 Å². The fourth-order valence-electron chi connectivity index (χ4n) is 2.18. The minimum atomic E-state index is -1.15. The summed E-state index contributed by atoms with van der Waals surface area (Å²) in [5.41, 5.74) is 0.211. The number of aliphatic hydroxyl groups excluding tert-OH is 1. The highest BCUT2D eigenvalue weighted by molar-refractivity contribution is 5.96. The third-order valence-electron chi connectivity index (χ3n) is 3.30. The number of β-amino-alcohol motifs (C(OH)–C–C–N with tert-alkyl or cyclic N) is 1. The largest absolute Gasteiger partial charge is 0.477 e. The molecule has 1 fully saturated rings. The van der Waals surface area contributed by atoms with Crippen molar-refractivity contribution in [1.82, 2.24) is 14.8 Å². The Morgan fingerprint density at radius 3 is 2.55 bits per heavy atom. The van der Waals surface area contributed by atoms with Crippen LogP contribution in [0.5, 0.6) is 0 Å². The van der Waals surface area contributed by atoms with E-state index >= 15 is 0 Å². The number of aromatic nitrogens is 1. The molecule has 0 unspecified atom stereocenters. The van der Waals surface area contributed by atoms with Crippen molar-refractivity contribution in [3.63, 3.8) is 0 Å². The Hall–Kier alpha value is -1.99. The SMILES string of the molecule is O=C(O)c1cc(C(=O)N2CCN(CCO)CC2)ccn1. The molecular weight excluding hydrogens is 262 g/mol. The first-order chi connectivity index (χ1) is 9.61. The number of carbonyl (C=O) groups is 2. The van der Waals surface area contributed by atoms with Crippen LogP contribution < -0.4 is 0 Å². The molecule has 0 saturated carbocycles. The quantitative estimate of drug-likeness (QED) is 0.774. The Morgan fingerprint density at radius 2 is 1.95 bits per heavy atom. The van der Waals surface area contributed by atoms with Crippen molar-refractivity contribution in [1.29, 1.82) is 0 Å². The number of aliphatic hydroxyl groups is 1. The van der Waals surface area contributed by atoms with Gasteiger partial charge < -0.3 is 15.1 Å². The van der Waals surface area contributed by atoms with E-state index in [9.17, 15) is 9.59 Å². The maximum absolute atomic E-state index is 12.3. The summed E-state index contributed by atoms with van der Waals surface area (Å²) in [6.45, 7) is 3.29. The first-order valence-electron chi connectivity index (χ1n) is 6.43. The second-order valence-corrected chi connectivity index (χ2v) is 4.59. The molecule has 1 aromatic rings. The second-order valence-electron chi connectivity index (χ2n) is 4.59. The van der Waals surface area contributed by atoms with E-state index in [4.69, 9.17) is 10.2 Å². The molecule has 7 nitrogen and oxygen atoms in total. The van der Waals surface area contributed by atoms with Crippen molar-refractivity contribution in [2.75, 3.05) is 39.3 Å². The lowest BCUT2D eigenvalue weighted by Gasteiger charge is -2.34. The molecule has 2 heterocycles. The van der Waals surface area contributed by atoms with E-state index in [0.717, 1.165) is 0 Å². The highest BCUT2D eigenvalue weighted by Gasteiger charge is 2.22. The van der Waals surface area contributed by atoms with Crippen LogP contribution >= 0.6 is 0 Å². The predicted octanol–water partition coefficient (Wildman–Crippen LogP) is -0.470. The zero-order chi connectivity index (χ0) is 14.5. The Bertz CT molecular complexity index is 498. The molecule has 1 saturated heterocycles. The molecule has 0 aliphatic carbocycles. The molecule has 0 aromatic carbocycles. The lowest BCUT2D eigenvalue weighted by molar-refractivity contribution is 0.0615. The van der Waals surface area contributed by atoms with Crippen molar-refractivity contribution in [2.24, 2.45) is 0 Å². The monoisotopic (exact) mass is 279 g/mol. The van der Waals surface area contributed by atoms with Crippen molar-refractivity contribution < 1.29 is 19.8 Å². The lowest BCUT2D eigenvalue weighted by Crippen LogP contribution is -2.49. The van der Waals surface area contributed by atoms with E-state index in [2.05, 4.69) is 9.88 Å². The van der Waals surface area contributed by atoms with Gasteiger partial charge in [-0.05, 0) is 12.1 Å². The van der Waals surface area contributed by atoms with Crippen LogP contribution in [0.4, 0.5) is 0 Å². The molecular formula is C13H17N3O4. The number of amides is 1. The zero-order valence-corrected chi connectivity index (χ0v) is 11.0. The van der Waals surface area contributed by atoms with Crippen LogP contribution in [0.2, 0.25) is 0 Å². The second kappa shape index (κ2) is 6.44. The summed E-state index contributed by atoms with van der Waals surface area (Å²) in [6.07, 6.45) is 1.33. The number of carboxylic acid groups (broad SMARTS) is 1. The van der Waals surface area contributed by atoms with Gasteiger partial charge in [-0.1, -0.05) is 0 Å². The highest BCUT2D eigenvalue weighted by atomic mass is 16.4. The number of piperazine rings is 1. The summed E-state index contributed by atoms with van der Waals surface area (Å²) >= 11 is 0. The standard InChI is InChI=1S/C13H17N3O4/c17-8-7-15-3-5-16(6-4-15)12(18)10-1-2-14-11(9-10)13(19)20/h1-2,9,17H,3-8H2,(H,19,20). The number of carbonyl (C=O) groups excluding carboxylic acids is 1. The fourth-order valence-corrected chi connectivity index (χ4v) is 2.18. The smallest absolute Gasteiger partial charge is 0.354 e. The van der Waals surface area contributed by atoms with Crippen molar-refractivity contribution in [3.8, 4) is 0 Å². The van der Waals surface area contributed by atoms with Crippen molar-refractivity contribution in [2.45, 2.75) is 0 Å². The van der Waals surface area contributed by atoms with Gasteiger partial charge in [-0.2, -0.15) is 0 Å². The summed E-state index contributed by atoms with van der Waals surface area (Å²) in [5.74, 6) is -1.33. The summed E-state index contributed by atoms with van der Waals surface area (Å²) in [6, 6.07) is 2.82. The van der Waals surface area contributed by atoms with Crippen LogP contribution in [0.1, 0.15) is 20.8 Å². The van der Waals surface area contributed by atoms with Crippen LogP contribution in [0.25, 0.3) is 0 Å². The molecule has 1 aliphatic rings. The number of nitrogens with zero attached hydrogens (tertiary/aromatic N) is 3. The molecule has 1 aromatic heterocycles. The van der Waals surface area contributed by atoms with Crippen LogP contribution in [-0.2, 0) is 0 Å². The molecule has 2 N–H and O–H groups in total. The normalized spacial score (nSPS) is 16.1. The fraction of sp³-hybridized carbons (Fsp3) is 0.462. The average Bonchev–Trinajstić information content (AvgIpc) is 2.48. The number of pyridine rings is 1. The maximum Gasteiger partial charge on any atom is 0.354 e. The molecule has 7 heteroatoms. The Balaban J connectivity index is 2.02. The Kier molecular flexibility index (Phi) is 4.65. The topological polar surface area (TPSA) is 94.0 Å². The minimum Gasteiger partial charge on any atom is -0.477 e. The summed E-state index contributed by atoms with van der Waals surface area (Å²) in [4.78, 5) is 30.6. The van der Waals surface area contributed by atoms with Crippen molar-refractivity contribution in [3.05, 3.63) is 29.6 Å². The third kappa shape index (κ3) is 3.31. The average molecular weight is 279 g/mol. The molecule has 2 rings (SSSR count). The van der Waals surface area contributed by atoms with E-state index in [1.807, 2.05) is 0 Å². The Morgan fingerprint density at radius 1 is 1.25 bits per heavy atom. The lowest BCUT2D eigenvalue weighted by atomic mass is 10.2. The van der Waals surface area contributed by atoms with Crippen LogP contribution in [0.15, 0.2) is 18.3 Å². The molecule has 0 bridgehead atoms. The minimum absolute atomic E-state index is 0.111. The van der Waals surface area contributed by atoms with Gasteiger partial charge >= 0.3 is 5.97 Å². The van der Waals surface area contributed by atoms with Gasteiger partial charge in [0.25, 0.3) is 5.91 Å². The highest BCUT2D eigenvalue weighted by Crippen LogP contribution is 2.09. The summed E-state index contributed by atoms with van der Waals surface area (Å²) in [5, 5.41) is 17.7. The van der Waals surface area contributed by atoms with Crippen molar-refractivity contribution >= 4 is 11.9 Å². The van der Waals surface area contributed by atoms with Crippen LogP contribution in [0.3, 0.4) is 0 Å². The van der Waals surface area contributed by atoms with E-state index in [0.29, 0.717) is 38.3 Å². The summed E-state index contributed by atoms with van der Waals surface area (Å²) in [7, 11) is 0. The molecule has 0 atom stereocenters. The molecule has 0 spiro atoms. The van der Waals surface area contributed by atoms with Gasteiger partial charge in [-0.15, -0.1) is 0 Å². The first-order valence-corrected chi connectivity index (χ1v) is 6.43. The van der Waals surface area contributed by atoms with E-state index < -0.39 is 5.97 Å². The maximum atomic E-state index is 12.3. The van der Waals surface area contributed by atoms with Gasteiger partial charge in [0.1, 0.15) is 5.69 Å². The molecule has 20 heavy (non-hydrogen) atoms. The van der Waals surface area contributed by atoms with Gasteiger partial charge in [0.2, 0.25) is 0 Å². The molecule has 0 radical (unpaired) electrons. The number of carboxylic acids is 1. The predicted molar refractivity (Wildman–Crippen MR) is 70.6 cm³/mol. The van der Waals surface area contributed by atoms with Gasteiger partial charge in [0.05, 0.1) is 6.61 Å². The zero-order valence-electron chi connectivity index (χ0n) is 11.0. The molecule has 1 amide bonds. The van der Waals surface area contributed by atoms with Gasteiger partial charge in [-0.25, -0.2) is 9.78 Å². The van der Waals surface area contributed by atoms with Crippen LogP contribution in [-0.4, -0.2) is 76.2 Å². The number of hydrogen-bond donors (Lipinski definition) is 2. The van der Waals surface area contributed by atoms with E-state index in [-0.39, 0.29) is 18.2 Å². The van der Waals surface area contributed by atoms with Crippen LogP contribution in [0, 0.1) is 0 Å². The van der Waals surface area contributed by atoms with Gasteiger partial charge in [0.15, 0.2) is 0 Å².